The SMILES string of the molecule is CC(C)(C)CCN1CCOC2(CCN(C(=O)c3cnccn3)CC2)CC1=O. The first-order valence-corrected chi connectivity index (χ1v) is 9.75. The van der Waals surface area contributed by atoms with Gasteiger partial charge in [-0.2, -0.15) is 0 Å². The largest absolute Gasteiger partial charge is 0.372 e. The predicted molar refractivity (Wildman–Crippen MR) is 101 cm³/mol. The van der Waals surface area contributed by atoms with Crippen molar-refractivity contribution < 1.29 is 14.3 Å². The summed E-state index contributed by atoms with van der Waals surface area (Å²) in [5.41, 5.74) is 0.129. The molecular weight excluding hydrogens is 344 g/mol. The zero-order valence-electron chi connectivity index (χ0n) is 16.6. The summed E-state index contributed by atoms with van der Waals surface area (Å²) in [6, 6.07) is 0. The van der Waals surface area contributed by atoms with Gasteiger partial charge in [-0.25, -0.2) is 4.98 Å². The summed E-state index contributed by atoms with van der Waals surface area (Å²) < 4.78 is 6.17. The van der Waals surface area contributed by atoms with Crippen molar-refractivity contribution in [1.29, 1.82) is 0 Å². The number of rotatable bonds is 3. The number of piperidine rings is 1. The quantitative estimate of drug-likeness (QED) is 0.810. The maximum Gasteiger partial charge on any atom is 0.274 e. The molecule has 2 saturated heterocycles. The second-order valence-corrected chi connectivity index (χ2v) is 8.78. The maximum absolute atomic E-state index is 12.8. The smallest absolute Gasteiger partial charge is 0.274 e. The van der Waals surface area contributed by atoms with Crippen LogP contribution in [0.5, 0.6) is 0 Å². The minimum atomic E-state index is -0.438. The molecule has 2 aliphatic rings. The monoisotopic (exact) mass is 374 g/mol. The standard InChI is InChI=1S/C20H30N4O3/c1-19(2,3)4-9-23-12-13-27-20(14-17(23)25)5-10-24(11-6-20)18(26)16-15-21-7-8-22-16/h7-8,15H,4-6,9-14H2,1-3H3. The molecule has 0 saturated carbocycles. The Morgan fingerprint density at radius 2 is 1.96 bits per heavy atom. The molecule has 3 heterocycles. The van der Waals surface area contributed by atoms with E-state index >= 15 is 0 Å². The summed E-state index contributed by atoms with van der Waals surface area (Å²) in [6.45, 7) is 9.72. The highest BCUT2D eigenvalue weighted by Gasteiger charge is 2.41. The Morgan fingerprint density at radius 3 is 2.59 bits per heavy atom. The number of likely N-dealkylation sites (tertiary alicyclic amines) is 1. The van der Waals surface area contributed by atoms with Crippen molar-refractivity contribution in [2.75, 3.05) is 32.8 Å². The number of hydrogen-bond acceptors (Lipinski definition) is 5. The normalized spacial score (nSPS) is 20.6. The van der Waals surface area contributed by atoms with Gasteiger partial charge in [0.05, 0.1) is 24.8 Å². The van der Waals surface area contributed by atoms with Crippen LogP contribution in [0.25, 0.3) is 0 Å². The highest BCUT2D eigenvalue weighted by Crippen LogP contribution is 2.33. The molecule has 0 aromatic carbocycles. The topological polar surface area (TPSA) is 75.6 Å². The number of carbonyl (C=O) groups is 2. The Morgan fingerprint density at radius 1 is 1.22 bits per heavy atom. The average Bonchev–Trinajstić information content (AvgIpc) is 2.79. The number of aromatic nitrogens is 2. The molecule has 7 heteroatoms. The molecule has 27 heavy (non-hydrogen) atoms. The third-order valence-corrected chi connectivity index (χ3v) is 5.47. The van der Waals surface area contributed by atoms with Gasteiger partial charge in [0.1, 0.15) is 5.69 Å². The third-order valence-electron chi connectivity index (χ3n) is 5.47. The van der Waals surface area contributed by atoms with Crippen LogP contribution in [-0.4, -0.2) is 70.0 Å². The van der Waals surface area contributed by atoms with Crippen LogP contribution < -0.4 is 0 Å². The lowest BCUT2D eigenvalue weighted by molar-refractivity contribution is -0.135. The fourth-order valence-corrected chi connectivity index (χ4v) is 3.65. The molecule has 0 bridgehead atoms. The lowest BCUT2D eigenvalue weighted by atomic mass is 9.87. The molecule has 0 atom stereocenters. The summed E-state index contributed by atoms with van der Waals surface area (Å²) in [6.07, 6.45) is 7.31. The van der Waals surface area contributed by atoms with Gasteiger partial charge in [-0.3, -0.25) is 14.6 Å². The van der Waals surface area contributed by atoms with Gasteiger partial charge in [0, 0.05) is 38.6 Å². The molecule has 2 amide bonds. The van der Waals surface area contributed by atoms with E-state index in [0.717, 1.165) is 13.0 Å². The Hall–Kier alpha value is -2.02. The molecule has 0 aliphatic carbocycles. The molecule has 1 aromatic rings. The Bertz CT molecular complexity index is 664. The van der Waals surface area contributed by atoms with Crippen LogP contribution in [0.3, 0.4) is 0 Å². The second-order valence-electron chi connectivity index (χ2n) is 8.78. The number of amides is 2. The molecule has 1 spiro atoms. The van der Waals surface area contributed by atoms with Gasteiger partial charge in [0.15, 0.2) is 0 Å². The summed E-state index contributed by atoms with van der Waals surface area (Å²) in [5.74, 6) is 0.0650. The molecule has 0 unspecified atom stereocenters. The fraction of sp³-hybridized carbons (Fsp3) is 0.700. The summed E-state index contributed by atoms with van der Waals surface area (Å²) in [4.78, 5) is 37.1. The van der Waals surface area contributed by atoms with Crippen molar-refractivity contribution in [2.45, 2.75) is 52.1 Å². The first-order valence-electron chi connectivity index (χ1n) is 9.75. The van der Waals surface area contributed by atoms with E-state index in [4.69, 9.17) is 4.74 Å². The minimum Gasteiger partial charge on any atom is -0.372 e. The lowest BCUT2D eigenvalue weighted by Crippen LogP contribution is -2.49. The highest BCUT2D eigenvalue weighted by atomic mass is 16.5. The molecule has 3 rings (SSSR count). The van der Waals surface area contributed by atoms with Gasteiger partial charge >= 0.3 is 0 Å². The van der Waals surface area contributed by atoms with Gasteiger partial charge in [-0.15, -0.1) is 0 Å². The van der Waals surface area contributed by atoms with E-state index < -0.39 is 5.60 Å². The molecule has 7 nitrogen and oxygen atoms in total. The number of hydrogen-bond donors (Lipinski definition) is 0. The van der Waals surface area contributed by atoms with E-state index in [-0.39, 0.29) is 17.2 Å². The molecule has 2 fully saturated rings. The third kappa shape index (κ3) is 5.03. The number of nitrogens with zero attached hydrogens (tertiary/aromatic N) is 4. The van der Waals surface area contributed by atoms with E-state index in [1.807, 2.05) is 4.90 Å². The fourth-order valence-electron chi connectivity index (χ4n) is 3.65. The summed E-state index contributed by atoms with van der Waals surface area (Å²) >= 11 is 0. The van der Waals surface area contributed by atoms with Crippen LogP contribution >= 0.6 is 0 Å². The molecule has 148 valence electrons. The van der Waals surface area contributed by atoms with Crippen molar-refractivity contribution in [3.63, 3.8) is 0 Å². The van der Waals surface area contributed by atoms with Gasteiger partial charge in [-0.1, -0.05) is 20.8 Å². The van der Waals surface area contributed by atoms with Gasteiger partial charge in [0.2, 0.25) is 5.91 Å². The van der Waals surface area contributed by atoms with Crippen LogP contribution in [0.1, 0.15) is 56.9 Å². The van der Waals surface area contributed by atoms with Crippen LogP contribution in [0.2, 0.25) is 0 Å². The maximum atomic E-state index is 12.8. The Labute approximate surface area is 161 Å². The second kappa shape index (κ2) is 7.92. The van der Waals surface area contributed by atoms with Crippen LogP contribution in [0.4, 0.5) is 0 Å². The van der Waals surface area contributed by atoms with Crippen LogP contribution in [-0.2, 0) is 9.53 Å². The summed E-state index contributed by atoms with van der Waals surface area (Å²) in [7, 11) is 0. The highest BCUT2D eigenvalue weighted by molar-refractivity contribution is 5.92. The number of ether oxygens (including phenoxy) is 1. The Kier molecular flexibility index (Phi) is 5.79. The first-order chi connectivity index (χ1) is 12.8. The Balaban J connectivity index is 1.57. The van der Waals surface area contributed by atoms with Crippen molar-refractivity contribution >= 4 is 11.8 Å². The molecule has 0 N–H and O–H groups in total. The molecular formula is C20H30N4O3. The zero-order chi connectivity index (χ0) is 19.5. The molecule has 2 aliphatic heterocycles. The van der Waals surface area contributed by atoms with Crippen molar-refractivity contribution in [1.82, 2.24) is 19.8 Å². The zero-order valence-corrected chi connectivity index (χ0v) is 16.6. The predicted octanol–water partition coefficient (Wildman–Crippen LogP) is 2.14. The van der Waals surface area contributed by atoms with Gasteiger partial charge < -0.3 is 14.5 Å². The van der Waals surface area contributed by atoms with E-state index in [1.165, 1.54) is 12.4 Å². The van der Waals surface area contributed by atoms with E-state index in [9.17, 15) is 9.59 Å². The van der Waals surface area contributed by atoms with E-state index in [2.05, 4.69) is 30.7 Å². The van der Waals surface area contributed by atoms with Gasteiger partial charge in [0.25, 0.3) is 5.91 Å². The molecule has 0 radical (unpaired) electrons. The van der Waals surface area contributed by atoms with Crippen molar-refractivity contribution in [2.24, 2.45) is 5.41 Å². The number of carbonyl (C=O) groups excluding carboxylic acids is 2. The molecule has 1 aromatic heterocycles. The first kappa shape index (κ1) is 19.7. The van der Waals surface area contributed by atoms with Crippen LogP contribution in [0.15, 0.2) is 18.6 Å². The average molecular weight is 374 g/mol. The van der Waals surface area contributed by atoms with E-state index in [0.29, 0.717) is 51.2 Å². The van der Waals surface area contributed by atoms with Crippen molar-refractivity contribution in [3.8, 4) is 0 Å². The van der Waals surface area contributed by atoms with Crippen molar-refractivity contribution in [3.05, 3.63) is 24.3 Å². The summed E-state index contributed by atoms with van der Waals surface area (Å²) in [5, 5.41) is 0. The minimum absolute atomic E-state index is 0.107. The van der Waals surface area contributed by atoms with Crippen LogP contribution in [0, 0.1) is 5.41 Å². The van der Waals surface area contributed by atoms with E-state index in [1.54, 1.807) is 11.1 Å². The lowest BCUT2D eigenvalue weighted by Gasteiger charge is -2.40. The van der Waals surface area contributed by atoms with Gasteiger partial charge in [-0.05, 0) is 24.7 Å².